The fourth-order valence-electron chi connectivity index (χ4n) is 3.32. The average molecular weight is 395 g/mol. The molecular formula is C19H30N4O3S. The monoisotopic (exact) mass is 394 g/mol. The topological polar surface area (TPSA) is 113 Å². The van der Waals surface area contributed by atoms with Crippen molar-refractivity contribution in [3.63, 3.8) is 0 Å². The van der Waals surface area contributed by atoms with E-state index in [-0.39, 0.29) is 17.2 Å². The Labute approximate surface area is 164 Å². The molecule has 0 aliphatic heterocycles. The van der Waals surface area contributed by atoms with E-state index in [1.165, 1.54) is 21.8 Å². The minimum atomic E-state index is -0.813. The summed E-state index contributed by atoms with van der Waals surface area (Å²) in [6, 6.07) is 0.336. The molecule has 0 bridgehead atoms. The van der Waals surface area contributed by atoms with Gasteiger partial charge in [-0.25, -0.2) is 4.79 Å². The van der Waals surface area contributed by atoms with Gasteiger partial charge < -0.3 is 11.1 Å². The molecule has 4 amide bonds. The fourth-order valence-corrected chi connectivity index (χ4v) is 4.42. The molecule has 0 saturated carbocycles. The standard InChI is InChI=1S/C19H30N4O3S/c1-10(2)15(21-18(20)26)17(25)23-22-16(24)14-9-11-8-12(19(3,4)5)6-7-13(11)27-14/h9-10,12,15H,6-8H2,1-5H3,(H,22,24)(H,23,25)(H3,20,21,26)/t12-,15-/m0/s1. The second-order valence-electron chi connectivity index (χ2n) is 8.54. The average Bonchev–Trinajstić information content (AvgIpc) is 2.99. The first kappa shape index (κ1) is 21.2. The predicted octanol–water partition coefficient (Wildman–Crippen LogP) is 2.35. The highest BCUT2D eigenvalue weighted by molar-refractivity contribution is 7.14. The lowest BCUT2D eigenvalue weighted by Crippen LogP contribution is -2.55. The molecule has 27 heavy (non-hydrogen) atoms. The number of hydrazine groups is 1. The van der Waals surface area contributed by atoms with Gasteiger partial charge in [0.15, 0.2) is 0 Å². The van der Waals surface area contributed by atoms with Crippen LogP contribution in [-0.2, 0) is 17.6 Å². The summed E-state index contributed by atoms with van der Waals surface area (Å²) in [6.07, 6.45) is 3.09. The highest BCUT2D eigenvalue weighted by Gasteiger charge is 2.30. The van der Waals surface area contributed by atoms with Crippen LogP contribution in [0.25, 0.3) is 0 Å². The maximum atomic E-state index is 12.4. The SMILES string of the molecule is CC(C)[C@H](NC(N)=O)C(=O)NNC(=O)c1cc2c(s1)CC[C@H](C(C)(C)C)C2. The lowest BCUT2D eigenvalue weighted by molar-refractivity contribution is -0.124. The molecule has 8 heteroatoms. The van der Waals surface area contributed by atoms with Crippen LogP contribution >= 0.6 is 11.3 Å². The molecule has 2 rings (SSSR count). The van der Waals surface area contributed by atoms with Crippen molar-refractivity contribution in [3.8, 4) is 0 Å². The molecule has 1 heterocycles. The Hall–Kier alpha value is -2.09. The van der Waals surface area contributed by atoms with Gasteiger partial charge in [-0.1, -0.05) is 34.6 Å². The van der Waals surface area contributed by atoms with Gasteiger partial charge in [-0.15, -0.1) is 11.3 Å². The molecule has 0 unspecified atom stereocenters. The van der Waals surface area contributed by atoms with Crippen LogP contribution in [0.4, 0.5) is 4.79 Å². The number of aryl methyl sites for hydroxylation is 1. The number of carbonyl (C=O) groups is 3. The van der Waals surface area contributed by atoms with Crippen LogP contribution in [0.15, 0.2) is 6.07 Å². The van der Waals surface area contributed by atoms with E-state index in [2.05, 4.69) is 36.9 Å². The Balaban J connectivity index is 1.98. The summed E-state index contributed by atoms with van der Waals surface area (Å²) in [5.74, 6) is -0.428. The second-order valence-corrected chi connectivity index (χ2v) is 9.68. The van der Waals surface area contributed by atoms with Gasteiger partial charge >= 0.3 is 6.03 Å². The van der Waals surface area contributed by atoms with E-state index < -0.39 is 18.0 Å². The summed E-state index contributed by atoms with van der Waals surface area (Å²) in [4.78, 5) is 37.5. The number of amides is 4. The minimum absolute atomic E-state index is 0.169. The Morgan fingerprint density at radius 2 is 1.89 bits per heavy atom. The molecule has 1 aromatic rings. The molecule has 0 fully saturated rings. The van der Waals surface area contributed by atoms with E-state index in [0.717, 1.165) is 19.3 Å². The maximum absolute atomic E-state index is 12.4. The normalized spacial score (nSPS) is 17.8. The number of hydrogen-bond donors (Lipinski definition) is 4. The van der Waals surface area contributed by atoms with Gasteiger partial charge in [-0.3, -0.25) is 20.4 Å². The Kier molecular flexibility index (Phi) is 6.51. The Morgan fingerprint density at radius 1 is 1.22 bits per heavy atom. The zero-order valence-corrected chi connectivity index (χ0v) is 17.5. The first-order valence-corrected chi connectivity index (χ1v) is 10.1. The molecule has 150 valence electrons. The third-order valence-electron chi connectivity index (χ3n) is 5.08. The number of nitrogens with one attached hydrogen (secondary N) is 3. The number of thiophene rings is 1. The molecule has 0 radical (unpaired) electrons. The second kappa shape index (κ2) is 8.29. The van der Waals surface area contributed by atoms with Gasteiger partial charge in [0.25, 0.3) is 11.8 Å². The van der Waals surface area contributed by atoms with Crippen molar-refractivity contribution in [2.75, 3.05) is 0 Å². The molecule has 1 aliphatic rings. The van der Waals surface area contributed by atoms with Crippen molar-refractivity contribution < 1.29 is 14.4 Å². The van der Waals surface area contributed by atoms with Gasteiger partial charge in [0.1, 0.15) is 6.04 Å². The van der Waals surface area contributed by atoms with Gasteiger partial charge in [0.05, 0.1) is 4.88 Å². The quantitative estimate of drug-likeness (QED) is 0.588. The van der Waals surface area contributed by atoms with Crippen LogP contribution in [0.5, 0.6) is 0 Å². The molecule has 2 atom stereocenters. The maximum Gasteiger partial charge on any atom is 0.312 e. The molecule has 0 spiro atoms. The van der Waals surface area contributed by atoms with Gasteiger partial charge in [-0.2, -0.15) is 0 Å². The van der Waals surface area contributed by atoms with Crippen LogP contribution in [0, 0.1) is 17.3 Å². The Bertz CT molecular complexity index is 721. The van der Waals surface area contributed by atoms with Gasteiger partial charge in [0.2, 0.25) is 0 Å². The molecule has 1 aliphatic carbocycles. The number of carbonyl (C=O) groups excluding carboxylic acids is 3. The van der Waals surface area contributed by atoms with Crippen LogP contribution in [0.3, 0.4) is 0 Å². The first-order valence-electron chi connectivity index (χ1n) is 9.26. The summed E-state index contributed by atoms with van der Waals surface area (Å²) < 4.78 is 0. The summed E-state index contributed by atoms with van der Waals surface area (Å²) in [5.41, 5.74) is 11.4. The van der Waals surface area contributed by atoms with E-state index in [4.69, 9.17) is 5.73 Å². The summed E-state index contributed by atoms with van der Waals surface area (Å²) >= 11 is 1.48. The number of hydrogen-bond acceptors (Lipinski definition) is 4. The Morgan fingerprint density at radius 3 is 2.44 bits per heavy atom. The van der Waals surface area contributed by atoms with Crippen LogP contribution in [-0.4, -0.2) is 23.9 Å². The number of fused-ring (bicyclic) bond motifs is 1. The summed E-state index contributed by atoms with van der Waals surface area (Å²) in [7, 11) is 0. The molecule has 0 saturated heterocycles. The minimum Gasteiger partial charge on any atom is -0.352 e. The van der Waals surface area contributed by atoms with Crippen molar-refractivity contribution in [1.82, 2.24) is 16.2 Å². The number of urea groups is 1. The molecule has 5 N–H and O–H groups in total. The van der Waals surface area contributed by atoms with Crippen LogP contribution < -0.4 is 21.9 Å². The molecular weight excluding hydrogens is 364 g/mol. The van der Waals surface area contributed by atoms with Gasteiger partial charge in [0, 0.05) is 4.88 Å². The van der Waals surface area contributed by atoms with Gasteiger partial charge in [-0.05, 0) is 48.1 Å². The molecule has 7 nitrogen and oxygen atoms in total. The van der Waals surface area contributed by atoms with Crippen molar-refractivity contribution in [3.05, 3.63) is 21.4 Å². The van der Waals surface area contributed by atoms with Crippen LogP contribution in [0.2, 0.25) is 0 Å². The predicted molar refractivity (Wildman–Crippen MR) is 106 cm³/mol. The van der Waals surface area contributed by atoms with Crippen molar-refractivity contribution >= 4 is 29.2 Å². The zero-order chi connectivity index (χ0) is 20.4. The van der Waals surface area contributed by atoms with Crippen molar-refractivity contribution in [2.24, 2.45) is 23.0 Å². The van der Waals surface area contributed by atoms with Crippen molar-refractivity contribution in [1.29, 1.82) is 0 Å². The lowest BCUT2D eigenvalue weighted by atomic mass is 9.72. The smallest absolute Gasteiger partial charge is 0.312 e. The molecule has 1 aromatic heterocycles. The third kappa shape index (κ3) is 5.45. The van der Waals surface area contributed by atoms with E-state index in [1.54, 1.807) is 13.8 Å². The molecule has 0 aromatic carbocycles. The van der Waals surface area contributed by atoms with E-state index >= 15 is 0 Å². The zero-order valence-electron chi connectivity index (χ0n) is 16.6. The fraction of sp³-hybridized carbons (Fsp3) is 0.632. The van der Waals surface area contributed by atoms with Crippen LogP contribution in [0.1, 0.15) is 61.2 Å². The first-order chi connectivity index (χ1) is 12.5. The third-order valence-corrected chi connectivity index (χ3v) is 6.31. The largest absolute Gasteiger partial charge is 0.352 e. The highest BCUT2D eigenvalue weighted by atomic mass is 32.1. The number of nitrogens with two attached hydrogens (primary N) is 1. The summed E-state index contributed by atoms with van der Waals surface area (Å²) in [5, 5.41) is 2.38. The lowest BCUT2D eigenvalue weighted by Gasteiger charge is -2.33. The van der Waals surface area contributed by atoms with E-state index in [0.29, 0.717) is 10.8 Å². The number of rotatable bonds is 4. The van der Waals surface area contributed by atoms with Crippen molar-refractivity contribution in [2.45, 2.75) is 59.9 Å². The number of primary amides is 1. The van der Waals surface area contributed by atoms with E-state index in [1.807, 2.05) is 6.07 Å². The summed E-state index contributed by atoms with van der Waals surface area (Å²) in [6.45, 7) is 10.3. The van der Waals surface area contributed by atoms with E-state index in [9.17, 15) is 14.4 Å². The highest BCUT2D eigenvalue weighted by Crippen LogP contribution is 2.40.